The maximum atomic E-state index is 12.7. The molecular formula is C19H16N4O5. The fourth-order valence-corrected chi connectivity index (χ4v) is 2.46. The molecule has 2 N–H and O–H groups in total. The summed E-state index contributed by atoms with van der Waals surface area (Å²) in [5, 5.41) is 11.4. The van der Waals surface area contributed by atoms with Gasteiger partial charge in [0, 0.05) is 18.0 Å². The van der Waals surface area contributed by atoms with E-state index in [0.29, 0.717) is 5.56 Å². The lowest BCUT2D eigenvalue weighted by Crippen LogP contribution is -2.30. The number of carbonyl (C=O) groups excluding carboxylic acids is 1. The smallest absolute Gasteiger partial charge is 0.412 e. The molecule has 0 radical (unpaired) electrons. The van der Waals surface area contributed by atoms with Gasteiger partial charge in [0.2, 0.25) is 0 Å². The summed E-state index contributed by atoms with van der Waals surface area (Å²) in [5.41, 5.74) is 0.414. The van der Waals surface area contributed by atoms with E-state index in [4.69, 9.17) is 9.84 Å². The Hall–Kier alpha value is -4.01. The summed E-state index contributed by atoms with van der Waals surface area (Å²) in [4.78, 5) is 43.9. The van der Waals surface area contributed by atoms with Crippen molar-refractivity contribution in [3.8, 4) is 11.4 Å². The van der Waals surface area contributed by atoms with Crippen LogP contribution in [-0.2, 0) is 22.7 Å². The van der Waals surface area contributed by atoms with Crippen molar-refractivity contribution in [1.82, 2.24) is 14.5 Å². The maximum absolute atomic E-state index is 12.7. The van der Waals surface area contributed by atoms with Gasteiger partial charge in [-0.15, -0.1) is 0 Å². The molecule has 0 spiro atoms. The quantitative estimate of drug-likeness (QED) is 0.671. The second-order valence-electron chi connectivity index (χ2n) is 5.70. The molecule has 1 aromatic carbocycles. The summed E-state index contributed by atoms with van der Waals surface area (Å²) >= 11 is 0. The number of benzene rings is 1. The maximum Gasteiger partial charge on any atom is 0.412 e. The lowest BCUT2D eigenvalue weighted by Gasteiger charge is -2.12. The molecule has 2 aromatic heterocycles. The van der Waals surface area contributed by atoms with Crippen molar-refractivity contribution < 1.29 is 19.4 Å². The van der Waals surface area contributed by atoms with E-state index >= 15 is 0 Å². The molecule has 0 fully saturated rings. The molecule has 0 atom stereocenters. The average Bonchev–Trinajstić information content (AvgIpc) is 2.71. The van der Waals surface area contributed by atoms with Crippen LogP contribution in [0.2, 0.25) is 0 Å². The minimum Gasteiger partial charge on any atom is -0.480 e. The Morgan fingerprint density at radius 3 is 2.50 bits per heavy atom. The number of nitrogens with zero attached hydrogens (tertiary/aromatic N) is 3. The van der Waals surface area contributed by atoms with Gasteiger partial charge in [-0.3, -0.25) is 24.5 Å². The molecule has 3 aromatic rings. The summed E-state index contributed by atoms with van der Waals surface area (Å²) in [6, 6.07) is 12.2. The van der Waals surface area contributed by atoms with Gasteiger partial charge in [-0.1, -0.05) is 30.3 Å². The molecule has 0 aliphatic carbocycles. The zero-order valence-corrected chi connectivity index (χ0v) is 14.6. The van der Waals surface area contributed by atoms with Crippen LogP contribution in [0.15, 0.2) is 65.8 Å². The van der Waals surface area contributed by atoms with Crippen molar-refractivity contribution in [2.24, 2.45) is 0 Å². The van der Waals surface area contributed by atoms with Crippen LogP contribution in [0.5, 0.6) is 0 Å². The number of nitrogens with one attached hydrogen (secondary N) is 1. The van der Waals surface area contributed by atoms with Crippen LogP contribution in [0, 0.1) is 0 Å². The second kappa shape index (κ2) is 8.58. The van der Waals surface area contributed by atoms with Gasteiger partial charge in [0.05, 0.1) is 6.20 Å². The average molecular weight is 380 g/mol. The molecular weight excluding hydrogens is 364 g/mol. The van der Waals surface area contributed by atoms with Crippen molar-refractivity contribution in [3.05, 3.63) is 77.0 Å². The summed E-state index contributed by atoms with van der Waals surface area (Å²) < 4.78 is 6.04. The number of hydrogen-bond acceptors (Lipinski definition) is 6. The van der Waals surface area contributed by atoms with Crippen molar-refractivity contribution in [2.45, 2.75) is 13.2 Å². The van der Waals surface area contributed by atoms with E-state index in [1.807, 2.05) is 18.2 Å². The highest BCUT2D eigenvalue weighted by Gasteiger charge is 2.16. The molecule has 0 aliphatic rings. The third kappa shape index (κ3) is 4.58. The van der Waals surface area contributed by atoms with E-state index in [1.54, 1.807) is 24.3 Å². The van der Waals surface area contributed by atoms with Gasteiger partial charge < -0.3 is 9.84 Å². The van der Waals surface area contributed by atoms with Crippen LogP contribution in [0.4, 0.5) is 10.5 Å². The Morgan fingerprint density at radius 1 is 1.11 bits per heavy atom. The first-order valence-electron chi connectivity index (χ1n) is 8.24. The predicted molar refractivity (Wildman–Crippen MR) is 99.6 cm³/mol. The van der Waals surface area contributed by atoms with Gasteiger partial charge in [-0.25, -0.2) is 9.78 Å². The Morgan fingerprint density at radius 2 is 1.82 bits per heavy atom. The number of amides is 1. The first kappa shape index (κ1) is 18.8. The number of carboxylic acid groups (broad SMARTS) is 1. The number of rotatable bonds is 6. The molecule has 0 saturated heterocycles. The third-order valence-electron chi connectivity index (χ3n) is 3.73. The number of aromatic nitrogens is 3. The molecule has 0 aliphatic heterocycles. The molecule has 9 nitrogen and oxygen atoms in total. The van der Waals surface area contributed by atoms with Crippen molar-refractivity contribution in [1.29, 1.82) is 0 Å². The van der Waals surface area contributed by atoms with Crippen LogP contribution >= 0.6 is 0 Å². The number of hydrogen-bond donors (Lipinski definition) is 2. The molecule has 1 amide bonds. The SMILES string of the molecule is O=C(O)Cn1c(-c2ccncc2)ncc(NC(=O)OCc2ccccc2)c1=O. The Labute approximate surface area is 159 Å². The predicted octanol–water partition coefficient (Wildman–Crippen LogP) is 2.14. The Balaban J connectivity index is 1.82. The Kier molecular flexibility index (Phi) is 5.75. The fraction of sp³-hybridized carbons (Fsp3) is 0.105. The number of anilines is 1. The van der Waals surface area contributed by atoms with Crippen LogP contribution in [0.25, 0.3) is 11.4 Å². The normalized spacial score (nSPS) is 10.3. The van der Waals surface area contributed by atoms with E-state index < -0.39 is 24.2 Å². The first-order valence-corrected chi connectivity index (χ1v) is 8.24. The molecule has 0 bridgehead atoms. The molecule has 0 unspecified atom stereocenters. The number of carboxylic acids is 1. The van der Waals surface area contributed by atoms with Crippen LogP contribution in [-0.4, -0.2) is 31.7 Å². The second-order valence-corrected chi connectivity index (χ2v) is 5.70. The van der Waals surface area contributed by atoms with Crippen LogP contribution in [0.1, 0.15) is 5.56 Å². The van der Waals surface area contributed by atoms with E-state index in [-0.39, 0.29) is 18.1 Å². The minimum atomic E-state index is -1.22. The highest BCUT2D eigenvalue weighted by Crippen LogP contribution is 2.15. The molecule has 0 saturated carbocycles. The van der Waals surface area contributed by atoms with E-state index in [1.165, 1.54) is 18.6 Å². The molecule has 2 heterocycles. The third-order valence-corrected chi connectivity index (χ3v) is 3.73. The summed E-state index contributed by atoms with van der Waals surface area (Å²) in [5.74, 6) is -1.07. The zero-order valence-electron chi connectivity index (χ0n) is 14.6. The number of pyridine rings is 1. The van der Waals surface area contributed by atoms with Gasteiger partial charge >= 0.3 is 12.1 Å². The summed E-state index contributed by atoms with van der Waals surface area (Å²) in [6.07, 6.45) is 3.32. The van der Waals surface area contributed by atoms with E-state index in [2.05, 4.69) is 15.3 Å². The standard InChI is InChI=1S/C19H16N4O5/c24-16(25)11-23-17(14-6-8-20-9-7-14)21-10-15(18(23)26)22-19(27)28-12-13-4-2-1-3-5-13/h1-10H,11-12H2,(H,22,27)(H,24,25). The number of aliphatic carboxylic acids is 1. The monoisotopic (exact) mass is 380 g/mol. The van der Waals surface area contributed by atoms with Crippen molar-refractivity contribution in [2.75, 3.05) is 5.32 Å². The van der Waals surface area contributed by atoms with Crippen LogP contribution in [0.3, 0.4) is 0 Å². The highest BCUT2D eigenvalue weighted by molar-refractivity contribution is 5.84. The van der Waals surface area contributed by atoms with Crippen LogP contribution < -0.4 is 10.9 Å². The Bertz CT molecular complexity index is 1040. The van der Waals surface area contributed by atoms with Gasteiger partial charge in [0.25, 0.3) is 5.56 Å². The molecule has 142 valence electrons. The summed E-state index contributed by atoms with van der Waals surface area (Å²) in [6.45, 7) is -0.587. The van der Waals surface area contributed by atoms with Gasteiger partial charge in [0.15, 0.2) is 0 Å². The highest BCUT2D eigenvalue weighted by atomic mass is 16.5. The molecule has 9 heteroatoms. The number of ether oxygens (including phenoxy) is 1. The van der Waals surface area contributed by atoms with Gasteiger partial charge in [-0.05, 0) is 17.7 Å². The molecule has 28 heavy (non-hydrogen) atoms. The molecule has 3 rings (SSSR count). The topological polar surface area (TPSA) is 123 Å². The largest absolute Gasteiger partial charge is 0.480 e. The number of carbonyl (C=O) groups is 2. The minimum absolute atomic E-state index is 0.0263. The lowest BCUT2D eigenvalue weighted by atomic mass is 10.2. The lowest BCUT2D eigenvalue weighted by molar-refractivity contribution is -0.137. The zero-order chi connectivity index (χ0) is 19.9. The summed E-state index contributed by atoms with van der Waals surface area (Å²) in [7, 11) is 0. The van der Waals surface area contributed by atoms with Gasteiger partial charge in [-0.2, -0.15) is 0 Å². The van der Waals surface area contributed by atoms with E-state index in [9.17, 15) is 14.4 Å². The van der Waals surface area contributed by atoms with Crippen molar-refractivity contribution >= 4 is 17.7 Å². The first-order chi connectivity index (χ1) is 13.5. The van der Waals surface area contributed by atoms with E-state index in [0.717, 1.165) is 10.1 Å². The van der Waals surface area contributed by atoms with Crippen molar-refractivity contribution in [3.63, 3.8) is 0 Å². The van der Waals surface area contributed by atoms with Gasteiger partial charge in [0.1, 0.15) is 24.7 Å². The fourth-order valence-electron chi connectivity index (χ4n) is 2.46.